The number of aliphatic hydroxyl groups excluding tert-OH is 5. The molecule has 0 spiro atoms. The fourth-order valence-corrected chi connectivity index (χ4v) is 9.21. The third kappa shape index (κ3) is 39.4. The second-order valence-electron chi connectivity index (χ2n) is 20.4. The molecular formula is C61H111NO8. The summed E-state index contributed by atoms with van der Waals surface area (Å²) in [5, 5.41) is 54.4. The van der Waals surface area contributed by atoms with E-state index in [0.717, 1.165) is 64.2 Å². The molecule has 1 rings (SSSR count). The fourth-order valence-electron chi connectivity index (χ4n) is 9.21. The number of unbranched alkanes of at least 4 members (excludes halogenated alkanes) is 32. The Morgan fingerprint density at radius 2 is 0.886 bits per heavy atom. The van der Waals surface area contributed by atoms with Gasteiger partial charge in [-0.1, -0.05) is 261 Å². The molecule has 9 nitrogen and oxygen atoms in total. The van der Waals surface area contributed by atoms with Gasteiger partial charge in [0.15, 0.2) is 6.29 Å². The highest BCUT2D eigenvalue weighted by Gasteiger charge is 2.44. The van der Waals surface area contributed by atoms with Crippen molar-refractivity contribution in [3.63, 3.8) is 0 Å². The summed E-state index contributed by atoms with van der Waals surface area (Å²) in [4.78, 5) is 13.0. The van der Waals surface area contributed by atoms with Crippen molar-refractivity contribution in [1.82, 2.24) is 5.32 Å². The molecule has 1 amide bonds. The van der Waals surface area contributed by atoms with E-state index in [1.807, 2.05) is 6.08 Å². The van der Waals surface area contributed by atoms with E-state index in [0.29, 0.717) is 6.42 Å². The standard InChI is InChI=1S/C61H111NO8/c1-3-5-7-9-11-13-15-17-19-20-21-22-23-24-25-26-27-28-29-30-31-32-33-34-35-36-37-39-41-43-45-47-49-51-57(65)62-54(53-69-61-60(68)59(67)58(66)56(52-63)70-61)55(64)50-48-46-44-42-40-38-18-16-14-12-10-8-6-4-2/h5,7,11,13,17,19,21-22,48,50,54-56,58-61,63-64,66-68H,3-4,6,8-10,12,14-16,18,20,23-47,49,51-53H2,1-2H3,(H,62,65)/b7-5-,13-11-,19-17-,22-21-,50-48+. The van der Waals surface area contributed by atoms with Crippen LogP contribution in [0.4, 0.5) is 0 Å². The summed E-state index contributed by atoms with van der Waals surface area (Å²) in [5.74, 6) is -0.175. The number of allylic oxidation sites excluding steroid dienone is 9. The van der Waals surface area contributed by atoms with E-state index in [9.17, 15) is 30.3 Å². The molecule has 0 saturated carbocycles. The molecule has 1 fully saturated rings. The van der Waals surface area contributed by atoms with Gasteiger partial charge in [0.05, 0.1) is 25.4 Å². The lowest BCUT2D eigenvalue weighted by Gasteiger charge is -2.40. The third-order valence-electron chi connectivity index (χ3n) is 13.8. The molecule has 0 aromatic heterocycles. The van der Waals surface area contributed by atoms with Gasteiger partial charge >= 0.3 is 0 Å². The maximum absolute atomic E-state index is 13.0. The minimum atomic E-state index is -1.57. The largest absolute Gasteiger partial charge is 0.394 e. The minimum Gasteiger partial charge on any atom is -0.394 e. The van der Waals surface area contributed by atoms with E-state index in [1.165, 1.54) is 180 Å². The number of ether oxygens (including phenoxy) is 2. The molecule has 1 aliphatic heterocycles. The summed E-state index contributed by atoms with van der Waals surface area (Å²) in [7, 11) is 0. The average Bonchev–Trinajstić information content (AvgIpc) is 3.36. The summed E-state index contributed by atoms with van der Waals surface area (Å²) >= 11 is 0. The van der Waals surface area contributed by atoms with E-state index in [4.69, 9.17) is 9.47 Å². The molecule has 70 heavy (non-hydrogen) atoms. The number of rotatable bonds is 50. The van der Waals surface area contributed by atoms with E-state index < -0.39 is 49.5 Å². The molecule has 0 radical (unpaired) electrons. The lowest BCUT2D eigenvalue weighted by Crippen LogP contribution is -2.60. The van der Waals surface area contributed by atoms with Crippen molar-refractivity contribution >= 4 is 5.91 Å². The molecule has 9 heteroatoms. The van der Waals surface area contributed by atoms with Crippen molar-refractivity contribution < 1.29 is 39.8 Å². The predicted octanol–water partition coefficient (Wildman–Crippen LogP) is 14.7. The Kier molecular flexibility index (Phi) is 47.5. The molecule has 0 aromatic carbocycles. The van der Waals surface area contributed by atoms with E-state index >= 15 is 0 Å². The highest BCUT2D eigenvalue weighted by molar-refractivity contribution is 5.76. The Balaban J connectivity index is 2.12. The molecule has 7 atom stereocenters. The van der Waals surface area contributed by atoms with Crippen LogP contribution in [0.3, 0.4) is 0 Å². The van der Waals surface area contributed by atoms with Crippen LogP contribution in [0.5, 0.6) is 0 Å². The van der Waals surface area contributed by atoms with E-state index in [2.05, 4.69) is 67.8 Å². The summed E-state index contributed by atoms with van der Waals surface area (Å²) in [5.41, 5.74) is 0. The number of hydrogen-bond acceptors (Lipinski definition) is 8. The summed E-state index contributed by atoms with van der Waals surface area (Å²) in [6.45, 7) is 3.68. The first-order valence-corrected chi connectivity index (χ1v) is 29.5. The first-order valence-electron chi connectivity index (χ1n) is 29.5. The van der Waals surface area contributed by atoms with Gasteiger partial charge in [0, 0.05) is 6.42 Å². The summed E-state index contributed by atoms with van der Waals surface area (Å²) in [6, 6.07) is -0.804. The third-order valence-corrected chi connectivity index (χ3v) is 13.8. The Hall–Kier alpha value is -2.11. The monoisotopic (exact) mass is 986 g/mol. The smallest absolute Gasteiger partial charge is 0.220 e. The maximum Gasteiger partial charge on any atom is 0.220 e. The van der Waals surface area contributed by atoms with Crippen LogP contribution in [0, 0.1) is 0 Å². The number of aliphatic hydroxyl groups is 5. The van der Waals surface area contributed by atoms with Crippen LogP contribution in [-0.4, -0.2) is 87.5 Å². The van der Waals surface area contributed by atoms with Gasteiger partial charge in [-0.25, -0.2) is 0 Å². The maximum atomic E-state index is 13.0. The zero-order valence-corrected chi connectivity index (χ0v) is 45.3. The molecule has 1 aliphatic rings. The summed E-state index contributed by atoms with van der Waals surface area (Å²) < 4.78 is 11.3. The van der Waals surface area contributed by atoms with Crippen molar-refractivity contribution in [2.75, 3.05) is 13.2 Å². The van der Waals surface area contributed by atoms with Gasteiger partial charge in [-0.05, 0) is 57.8 Å². The van der Waals surface area contributed by atoms with Crippen LogP contribution in [0.1, 0.15) is 264 Å². The Morgan fingerprint density at radius 3 is 1.31 bits per heavy atom. The first-order chi connectivity index (χ1) is 34.3. The fraction of sp³-hybridized carbons (Fsp3) is 0.820. The van der Waals surface area contributed by atoms with E-state index in [1.54, 1.807) is 6.08 Å². The number of carbonyl (C=O) groups excluding carboxylic acids is 1. The second kappa shape index (κ2) is 50.4. The number of carbonyl (C=O) groups is 1. The lowest BCUT2D eigenvalue weighted by molar-refractivity contribution is -0.302. The lowest BCUT2D eigenvalue weighted by atomic mass is 9.99. The zero-order valence-electron chi connectivity index (χ0n) is 45.3. The molecule has 1 saturated heterocycles. The van der Waals surface area contributed by atoms with Gasteiger partial charge in [-0.3, -0.25) is 4.79 Å². The Labute approximate surface area is 430 Å². The van der Waals surface area contributed by atoms with E-state index in [-0.39, 0.29) is 12.5 Å². The number of hydrogen-bond donors (Lipinski definition) is 6. The van der Waals surface area contributed by atoms with Crippen molar-refractivity contribution in [2.45, 2.75) is 307 Å². The highest BCUT2D eigenvalue weighted by Crippen LogP contribution is 2.23. The van der Waals surface area contributed by atoms with Gasteiger partial charge in [-0.15, -0.1) is 0 Å². The van der Waals surface area contributed by atoms with Gasteiger partial charge in [0.1, 0.15) is 24.4 Å². The predicted molar refractivity (Wildman–Crippen MR) is 295 cm³/mol. The van der Waals surface area contributed by atoms with Gasteiger partial charge in [-0.2, -0.15) is 0 Å². The molecule has 1 heterocycles. The van der Waals surface area contributed by atoms with Crippen LogP contribution in [0.2, 0.25) is 0 Å². The molecule has 0 aromatic rings. The van der Waals surface area contributed by atoms with Crippen molar-refractivity contribution in [2.24, 2.45) is 0 Å². The second-order valence-corrected chi connectivity index (χ2v) is 20.4. The Morgan fingerprint density at radius 1 is 0.500 bits per heavy atom. The highest BCUT2D eigenvalue weighted by atomic mass is 16.7. The molecule has 0 aliphatic carbocycles. The first kappa shape index (κ1) is 65.9. The average molecular weight is 987 g/mol. The van der Waals surface area contributed by atoms with Crippen molar-refractivity contribution in [3.05, 3.63) is 60.8 Å². The SMILES string of the molecule is CC/C=C\C/C=C\C/C=C\C/C=C\CCCCCCCCCCCCCCCCCCCCCCC(=O)NC(COC1OC(CO)C(O)C(O)C1O)C(O)/C=C/CCCCCCCCCCCCCC. The molecule has 7 unspecified atom stereocenters. The van der Waals surface area contributed by atoms with Gasteiger partial charge < -0.3 is 40.3 Å². The van der Waals surface area contributed by atoms with Crippen LogP contribution >= 0.6 is 0 Å². The topological polar surface area (TPSA) is 149 Å². The number of amides is 1. The zero-order chi connectivity index (χ0) is 50.8. The normalized spacial score (nSPS) is 19.8. The van der Waals surface area contributed by atoms with Gasteiger partial charge in [0.2, 0.25) is 5.91 Å². The van der Waals surface area contributed by atoms with Crippen LogP contribution in [0.25, 0.3) is 0 Å². The Bertz CT molecular complexity index is 1280. The number of nitrogens with one attached hydrogen (secondary N) is 1. The molecule has 0 bridgehead atoms. The van der Waals surface area contributed by atoms with Gasteiger partial charge in [0.25, 0.3) is 0 Å². The van der Waals surface area contributed by atoms with Crippen LogP contribution in [-0.2, 0) is 14.3 Å². The van der Waals surface area contributed by atoms with Crippen molar-refractivity contribution in [1.29, 1.82) is 0 Å². The minimum absolute atomic E-state index is 0.175. The quantitative estimate of drug-likeness (QED) is 0.0261. The summed E-state index contributed by atoms with van der Waals surface area (Å²) in [6.07, 6.45) is 61.6. The molecular weight excluding hydrogens is 875 g/mol. The molecule has 408 valence electrons. The van der Waals surface area contributed by atoms with Crippen LogP contribution < -0.4 is 5.32 Å². The van der Waals surface area contributed by atoms with Crippen molar-refractivity contribution in [3.8, 4) is 0 Å². The van der Waals surface area contributed by atoms with Crippen LogP contribution in [0.15, 0.2) is 60.8 Å². The molecule has 6 N–H and O–H groups in total.